The van der Waals surface area contributed by atoms with Crippen LogP contribution in [-0.4, -0.2) is 17.0 Å². The van der Waals surface area contributed by atoms with Crippen molar-refractivity contribution in [3.05, 3.63) is 59.2 Å². The van der Waals surface area contributed by atoms with E-state index in [1.54, 1.807) is 11.1 Å². The van der Waals surface area contributed by atoms with Crippen LogP contribution < -0.4 is 0 Å². The highest BCUT2D eigenvalue weighted by molar-refractivity contribution is 5.37. The highest BCUT2D eigenvalue weighted by atomic mass is 15.2. The van der Waals surface area contributed by atoms with Crippen LogP contribution in [0.2, 0.25) is 0 Å². The highest BCUT2D eigenvalue weighted by Crippen LogP contribution is 2.40. The summed E-state index contributed by atoms with van der Waals surface area (Å²) < 4.78 is 0. The maximum absolute atomic E-state index is 2.73. The zero-order valence-electron chi connectivity index (χ0n) is 12.1. The fourth-order valence-corrected chi connectivity index (χ4v) is 4.16. The van der Waals surface area contributed by atoms with E-state index in [-0.39, 0.29) is 0 Å². The second-order valence-electron chi connectivity index (χ2n) is 6.47. The first-order chi connectivity index (χ1) is 9.90. The summed E-state index contributed by atoms with van der Waals surface area (Å²) in [4.78, 5) is 2.73. The Labute approximate surface area is 122 Å². The van der Waals surface area contributed by atoms with Crippen molar-refractivity contribution >= 4 is 0 Å². The Balaban J connectivity index is 1.53. The summed E-state index contributed by atoms with van der Waals surface area (Å²) in [5.74, 6) is 0. The van der Waals surface area contributed by atoms with Crippen molar-refractivity contribution in [3.8, 4) is 0 Å². The van der Waals surface area contributed by atoms with Gasteiger partial charge in [0.1, 0.15) is 0 Å². The second-order valence-corrected chi connectivity index (χ2v) is 6.47. The lowest BCUT2D eigenvalue weighted by molar-refractivity contribution is 0.196. The molecular weight excluding hydrogens is 242 g/mol. The number of nitrogens with zero attached hydrogens (tertiary/aromatic N) is 1. The van der Waals surface area contributed by atoms with Gasteiger partial charge in [-0.05, 0) is 55.2 Å². The molecule has 0 aromatic heterocycles. The zero-order valence-corrected chi connectivity index (χ0v) is 12.1. The van der Waals surface area contributed by atoms with Gasteiger partial charge in [-0.15, -0.1) is 0 Å². The van der Waals surface area contributed by atoms with Crippen LogP contribution in [-0.2, 0) is 6.54 Å². The molecule has 0 spiro atoms. The molecule has 1 saturated heterocycles. The summed E-state index contributed by atoms with van der Waals surface area (Å²) in [7, 11) is 0. The van der Waals surface area contributed by atoms with Crippen LogP contribution in [0, 0.1) is 0 Å². The van der Waals surface area contributed by atoms with Crippen molar-refractivity contribution in [1.29, 1.82) is 0 Å². The van der Waals surface area contributed by atoms with E-state index in [1.807, 2.05) is 0 Å². The van der Waals surface area contributed by atoms with E-state index in [4.69, 9.17) is 0 Å². The molecule has 2 aliphatic heterocycles. The molecule has 2 bridgehead atoms. The van der Waals surface area contributed by atoms with Gasteiger partial charge in [-0.25, -0.2) is 0 Å². The lowest BCUT2D eigenvalue weighted by Gasteiger charge is -2.34. The molecule has 2 unspecified atom stereocenters. The minimum absolute atomic E-state index is 0.686. The summed E-state index contributed by atoms with van der Waals surface area (Å²) in [6.07, 6.45) is 13.1. The van der Waals surface area contributed by atoms with Gasteiger partial charge in [-0.1, -0.05) is 42.5 Å². The quantitative estimate of drug-likeness (QED) is 0.780. The molecule has 1 nitrogen and oxygen atoms in total. The predicted octanol–water partition coefficient (Wildman–Crippen LogP) is 4.46. The van der Waals surface area contributed by atoms with Crippen LogP contribution in [0.5, 0.6) is 0 Å². The predicted molar refractivity (Wildman–Crippen MR) is 83.4 cm³/mol. The van der Waals surface area contributed by atoms with Gasteiger partial charge >= 0.3 is 0 Å². The first-order valence-electron chi connectivity index (χ1n) is 8.10. The van der Waals surface area contributed by atoms with Gasteiger partial charge in [0.2, 0.25) is 0 Å². The second kappa shape index (κ2) is 5.21. The van der Waals surface area contributed by atoms with E-state index in [0.717, 1.165) is 12.6 Å². The van der Waals surface area contributed by atoms with Crippen LogP contribution in [0.3, 0.4) is 0 Å². The van der Waals surface area contributed by atoms with Gasteiger partial charge in [0.25, 0.3) is 0 Å². The molecule has 2 atom stereocenters. The molecule has 1 aromatic carbocycles. The SMILES string of the molecule is C1=C(C2=CC3CCC(C2)N3Cc2ccccc2)CCC1. The molecule has 104 valence electrons. The van der Waals surface area contributed by atoms with E-state index in [2.05, 4.69) is 47.4 Å². The van der Waals surface area contributed by atoms with Gasteiger partial charge in [0, 0.05) is 18.6 Å². The number of benzene rings is 1. The fourth-order valence-electron chi connectivity index (χ4n) is 4.16. The lowest BCUT2D eigenvalue weighted by atomic mass is 9.94. The van der Waals surface area contributed by atoms with E-state index in [1.165, 1.54) is 44.1 Å². The van der Waals surface area contributed by atoms with Gasteiger partial charge in [-0.3, -0.25) is 4.90 Å². The van der Waals surface area contributed by atoms with Gasteiger partial charge < -0.3 is 0 Å². The van der Waals surface area contributed by atoms with Crippen molar-refractivity contribution < 1.29 is 0 Å². The fraction of sp³-hybridized carbons (Fsp3) is 0.474. The van der Waals surface area contributed by atoms with E-state index >= 15 is 0 Å². The monoisotopic (exact) mass is 265 g/mol. The van der Waals surface area contributed by atoms with Crippen molar-refractivity contribution in [2.45, 2.75) is 57.2 Å². The zero-order chi connectivity index (χ0) is 13.4. The van der Waals surface area contributed by atoms with E-state index < -0.39 is 0 Å². The molecule has 1 aromatic rings. The molecule has 1 heteroatoms. The number of allylic oxidation sites excluding steroid dienone is 2. The maximum Gasteiger partial charge on any atom is 0.0291 e. The van der Waals surface area contributed by atoms with Crippen molar-refractivity contribution in [2.24, 2.45) is 0 Å². The highest BCUT2D eigenvalue weighted by Gasteiger charge is 2.36. The summed E-state index contributed by atoms with van der Waals surface area (Å²) in [6, 6.07) is 12.4. The molecule has 20 heavy (non-hydrogen) atoms. The van der Waals surface area contributed by atoms with Gasteiger partial charge in [0.05, 0.1) is 0 Å². The third kappa shape index (κ3) is 2.25. The van der Waals surface area contributed by atoms with Crippen molar-refractivity contribution in [1.82, 2.24) is 4.90 Å². The molecular formula is C19H23N. The summed E-state index contributed by atoms with van der Waals surface area (Å²) in [5.41, 5.74) is 4.81. The molecule has 1 fully saturated rings. The number of fused-ring (bicyclic) bond motifs is 2. The van der Waals surface area contributed by atoms with Gasteiger partial charge in [0.15, 0.2) is 0 Å². The van der Waals surface area contributed by atoms with E-state index in [9.17, 15) is 0 Å². The number of hydrogen-bond donors (Lipinski definition) is 0. The standard InChI is InChI=1S/C19H23N/c1-2-6-15(7-3-1)14-20-18-10-11-19(20)13-17(12-18)16-8-4-5-9-16/h1-3,6-8,12,18-19H,4-5,9-11,13-14H2. The van der Waals surface area contributed by atoms with Crippen LogP contribution in [0.4, 0.5) is 0 Å². The summed E-state index contributed by atoms with van der Waals surface area (Å²) >= 11 is 0. The smallest absolute Gasteiger partial charge is 0.0291 e. The molecule has 4 rings (SSSR count). The third-order valence-electron chi connectivity index (χ3n) is 5.20. The average molecular weight is 265 g/mol. The normalized spacial score (nSPS) is 29.4. The number of rotatable bonds is 3. The minimum atomic E-state index is 0.686. The molecule has 1 aliphatic carbocycles. The molecule has 0 saturated carbocycles. The Morgan fingerprint density at radius 3 is 2.70 bits per heavy atom. The average Bonchev–Trinajstić information content (AvgIpc) is 3.08. The summed E-state index contributed by atoms with van der Waals surface area (Å²) in [5, 5.41) is 0. The summed E-state index contributed by atoms with van der Waals surface area (Å²) in [6.45, 7) is 1.12. The molecule has 3 aliphatic rings. The topological polar surface area (TPSA) is 3.24 Å². The largest absolute Gasteiger partial charge is 0.289 e. The first-order valence-corrected chi connectivity index (χ1v) is 8.10. The van der Waals surface area contributed by atoms with Crippen LogP contribution >= 0.6 is 0 Å². The Bertz CT molecular complexity index is 540. The van der Waals surface area contributed by atoms with Crippen LogP contribution in [0.1, 0.15) is 44.1 Å². The van der Waals surface area contributed by atoms with Crippen molar-refractivity contribution in [2.75, 3.05) is 0 Å². The van der Waals surface area contributed by atoms with Crippen LogP contribution in [0.15, 0.2) is 53.6 Å². The number of hydrogen-bond acceptors (Lipinski definition) is 1. The first kappa shape index (κ1) is 12.4. The molecule has 2 heterocycles. The van der Waals surface area contributed by atoms with Crippen molar-refractivity contribution in [3.63, 3.8) is 0 Å². The third-order valence-corrected chi connectivity index (χ3v) is 5.20. The Hall–Kier alpha value is -1.34. The Morgan fingerprint density at radius 1 is 1.05 bits per heavy atom. The van der Waals surface area contributed by atoms with Gasteiger partial charge in [-0.2, -0.15) is 0 Å². The molecule has 0 amide bonds. The van der Waals surface area contributed by atoms with Crippen LogP contribution in [0.25, 0.3) is 0 Å². The lowest BCUT2D eigenvalue weighted by Crippen LogP contribution is -2.38. The molecule has 0 N–H and O–H groups in total. The maximum atomic E-state index is 2.73. The molecule has 0 radical (unpaired) electrons. The Kier molecular flexibility index (Phi) is 3.23. The minimum Gasteiger partial charge on any atom is -0.289 e. The van der Waals surface area contributed by atoms with E-state index in [0.29, 0.717) is 6.04 Å². The Morgan fingerprint density at radius 2 is 1.95 bits per heavy atom.